The summed E-state index contributed by atoms with van der Waals surface area (Å²) in [5.41, 5.74) is 7.60. The van der Waals surface area contributed by atoms with E-state index >= 15 is 0 Å². The van der Waals surface area contributed by atoms with Crippen molar-refractivity contribution in [1.82, 2.24) is 10.2 Å². The molecule has 1 heterocycles. The summed E-state index contributed by atoms with van der Waals surface area (Å²) in [5.74, 6) is -0.0350. The second-order valence-electron chi connectivity index (χ2n) is 6.72. The Bertz CT molecular complexity index is 806. The molecular formula is C20H23ClFN3O2. The summed E-state index contributed by atoms with van der Waals surface area (Å²) < 4.78 is 18.2. The molecule has 1 aliphatic rings. The Kier molecular flexibility index (Phi) is 6.19. The Labute approximate surface area is 163 Å². The summed E-state index contributed by atoms with van der Waals surface area (Å²) in [6.45, 7) is 2.51. The first-order valence-corrected chi connectivity index (χ1v) is 9.24. The smallest absolute Gasteiger partial charge is 0.255 e. The number of likely N-dealkylation sites (tertiary alicyclic amines) is 1. The average Bonchev–Trinajstić information content (AvgIpc) is 2.67. The van der Waals surface area contributed by atoms with Crippen molar-refractivity contribution in [2.75, 3.05) is 25.9 Å². The molecule has 1 fully saturated rings. The number of ether oxygens (including phenoxy) is 1. The van der Waals surface area contributed by atoms with Gasteiger partial charge in [0.05, 0.1) is 23.4 Å². The highest BCUT2D eigenvalue weighted by Crippen LogP contribution is 2.29. The number of hydrogen-bond donors (Lipinski definition) is 2. The number of piperidine rings is 1. The van der Waals surface area contributed by atoms with E-state index < -0.39 is 0 Å². The maximum absolute atomic E-state index is 13.0. The minimum absolute atomic E-state index is 0.0861. The fourth-order valence-electron chi connectivity index (χ4n) is 3.26. The van der Waals surface area contributed by atoms with Gasteiger partial charge in [0.25, 0.3) is 5.91 Å². The number of carbonyl (C=O) groups excluding carboxylic acids is 1. The molecule has 1 amide bonds. The van der Waals surface area contributed by atoms with E-state index in [1.165, 1.54) is 25.3 Å². The van der Waals surface area contributed by atoms with Gasteiger partial charge >= 0.3 is 0 Å². The largest absolute Gasteiger partial charge is 0.496 e. The molecule has 0 saturated carbocycles. The molecule has 5 nitrogen and oxygen atoms in total. The van der Waals surface area contributed by atoms with Crippen LogP contribution in [0.5, 0.6) is 5.75 Å². The molecular weight excluding hydrogens is 369 g/mol. The van der Waals surface area contributed by atoms with E-state index in [2.05, 4.69) is 10.2 Å². The predicted molar refractivity (Wildman–Crippen MR) is 105 cm³/mol. The number of methoxy groups -OCH3 is 1. The second kappa shape index (κ2) is 8.59. The third-order valence-electron chi connectivity index (χ3n) is 4.81. The minimum atomic E-state index is -0.224. The van der Waals surface area contributed by atoms with Gasteiger partial charge in [-0.15, -0.1) is 0 Å². The molecule has 0 aromatic heterocycles. The Hall–Kier alpha value is -2.31. The number of amides is 1. The topological polar surface area (TPSA) is 67.6 Å². The molecule has 7 heteroatoms. The van der Waals surface area contributed by atoms with Crippen LogP contribution in [0, 0.1) is 5.82 Å². The van der Waals surface area contributed by atoms with Crippen LogP contribution < -0.4 is 15.8 Å². The third kappa shape index (κ3) is 4.90. The van der Waals surface area contributed by atoms with E-state index in [4.69, 9.17) is 22.1 Å². The zero-order valence-corrected chi connectivity index (χ0v) is 15.9. The number of anilines is 1. The first-order valence-electron chi connectivity index (χ1n) is 8.87. The van der Waals surface area contributed by atoms with Crippen molar-refractivity contribution < 1.29 is 13.9 Å². The Morgan fingerprint density at radius 2 is 1.96 bits per heavy atom. The highest BCUT2D eigenvalue weighted by Gasteiger charge is 2.23. The monoisotopic (exact) mass is 391 g/mol. The van der Waals surface area contributed by atoms with E-state index in [1.807, 2.05) is 0 Å². The molecule has 2 aromatic carbocycles. The van der Waals surface area contributed by atoms with Crippen molar-refractivity contribution in [3.8, 4) is 5.75 Å². The van der Waals surface area contributed by atoms with Crippen molar-refractivity contribution in [2.45, 2.75) is 25.4 Å². The number of carbonyl (C=O) groups is 1. The lowest BCUT2D eigenvalue weighted by Crippen LogP contribution is -2.44. The zero-order valence-electron chi connectivity index (χ0n) is 15.2. The molecule has 0 spiro atoms. The van der Waals surface area contributed by atoms with Gasteiger partial charge in [0.15, 0.2) is 0 Å². The molecule has 27 heavy (non-hydrogen) atoms. The van der Waals surface area contributed by atoms with Crippen LogP contribution in [0.2, 0.25) is 5.02 Å². The van der Waals surface area contributed by atoms with Crippen LogP contribution in [0.1, 0.15) is 28.8 Å². The molecule has 0 radical (unpaired) electrons. The van der Waals surface area contributed by atoms with Gasteiger partial charge < -0.3 is 15.8 Å². The fraction of sp³-hybridized carbons (Fsp3) is 0.350. The van der Waals surface area contributed by atoms with Gasteiger partial charge in [-0.05, 0) is 36.6 Å². The number of benzene rings is 2. The number of nitrogen functional groups attached to an aromatic ring is 1. The number of nitrogens with two attached hydrogens (primary N) is 1. The van der Waals surface area contributed by atoms with Crippen molar-refractivity contribution in [1.29, 1.82) is 0 Å². The maximum atomic E-state index is 13.0. The van der Waals surface area contributed by atoms with Crippen molar-refractivity contribution in [3.63, 3.8) is 0 Å². The molecule has 0 unspecified atom stereocenters. The summed E-state index contributed by atoms with van der Waals surface area (Å²) in [6.07, 6.45) is 1.69. The van der Waals surface area contributed by atoms with Crippen molar-refractivity contribution in [2.24, 2.45) is 0 Å². The molecule has 2 aromatic rings. The van der Waals surface area contributed by atoms with Gasteiger partial charge in [-0.3, -0.25) is 9.69 Å². The number of rotatable bonds is 5. The molecule has 0 atom stereocenters. The van der Waals surface area contributed by atoms with Crippen LogP contribution in [-0.2, 0) is 6.54 Å². The van der Waals surface area contributed by atoms with Crippen LogP contribution >= 0.6 is 11.6 Å². The molecule has 0 aliphatic carbocycles. The molecule has 1 aliphatic heterocycles. The standard InChI is InChI=1S/C20H23ClFN3O2/c1-27-19-11-18(23)17(21)10-16(19)20(26)24-15-6-8-25(9-7-15)12-13-2-4-14(22)5-3-13/h2-5,10-11,15H,6-9,12,23H2,1H3,(H,24,26). The lowest BCUT2D eigenvalue weighted by molar-refractivity contribution is 0.0906. The van der Waals surface area contributed by atoms with Crippen molar-refractivity contribution >= 4 is 23.2 Å². The van der Waals surface area contributed by atoms with E-state index in [0.717, 1.165) is 38.0 Å². The van der Waals surface area contributed by atoms with Gasteiger partial charge in [0, 0.05) is 31.7 Å². The quantitative estimate of drug-likeness (QED) is 0.766. The van der Waals surface area contributed by atoms with Crippen LogP contribution in [0.4, 0.5) is 10.1 Å². The Morgan fingerprint density at radius 1 is 1.30 bits per heavy atom. The van der Waals surface area contributed by atoms with Gasteiger partial charge in [-0.1, -0.05) is 23.7 Å². The summed E-state index contributed by atoms with van der Waals surface area (Å²) in [6, 6.07) is 9.75. The highest BCUT2D eigenvalue weighted by atomic mass is 35.5. The lowest BCUT2D eigenvalue weighted by atomic mass is 10.0. The lowest BCUT2D eigenvalue weighted by Gasteiger charge is -2.32. The summed E-state index contributed by atoms with van der Waals surface area (Å²) >= 11 is 6.04. The zero-order chi connectivity index (χ0) is 19.4. The van der Waals surface area contributed by atoms with Crippen LogP contribution in [0.3, 0.4) is 0 Å². The number of nitrogens with zero attached hydrogens (tertiary/aromatic N) is 1. The average molecular weight is 392 g/mol. The summed E-state index contributed by atoms with van der Waals surface area (Å²) in [7, 11) is 1.49. The van der Waals surface area contributed by atoms with Gasteiger partial charge in [0.1, 0.15) is 11.6 Å². The van der Waals surface area contributed by atoms with E-state index in [1.54, 1.807) is 18.2 Å². The predicted octanol–water partition coefficient (Wildman–Crippen LogP) is 3.46. The molecule has 3 N–H and O–H groups in total. The highest BCUT2D eigenvalue weighted by molar-refractivity contribution is 6.33. The van der Waals surface area contributed by atoms with Crippen molar-refractivity contribution in [3.05, 3.63) is 58.4 Å². The van der Waals surface area contributed by atoms with E-state index in [0.29, 0.717) is 22.0 Å². The first kappa shape index (κ1) is 19.5. The van der Waals surface area contributed by atoms with Gasteiger partial charge in [-0.25, -0.2) is 4.39 Å². The normalized spacial score (nSPS) is 15.5. The van der Waals surface area contributed by atoms with Gasteiger partial charge in [-0.2, -0.15) is 0 Å². The Morgan fingerprint density at radius 3 is 2.59 bits per heavy atom. The first-order chi connectivity index (χ1) is 13.0. The van der Waals surface area contributed by atoms with Crippen LogP contribution in [-0.4, -0.2) is 37.0 Å². The van der Waals surface area contributed by atoms with E-state index in [-0.39, 0.29) is 17.8 Å². The number of nitrogens with one attached hydrogen (secondary N) is 1. The van der Waals surface area contributed by atoms with E-state index in [9.17, 15) is 9.18 Å². The number of hydrogen-bond acceptors (Lipinski definition) is 4. The SMILES string of the molecule is COc1cc(N)c(Cl)cc1C(=O)NC1CCN(Cc2ccc(F)cc2)CC1. The van der Waals surface area contributed by atoms with Crippen LogP contribution in [0.15, 0.2) is 36.4 Å². The van der Waals surface area contributed by atoms with Gasteiger partial charge in [0.2, 0.25) is 0 Å². The number of halogens is 2. The molecule has 144 valence electrons. The fourth-order valence-corrected chi connectivity index (χ4v) is 3.43. The summed E-state index contributed by atoms with van der Waals surface area (Å²) in [4.78, 5) is 14.9. The summed E-state index contributed by atoms with van der Waals surface area (Å²) in [5, 5.41) is 3.38. The second-order valence-corrected chi connectivity index (χ2v) is 7.13. The minimum Gasteiger partial charge on any atom is -0.496 e. The van der Waals surface area contributed by atoms with Crippen LogP contribution in [0.25, 0.3) is 0 Å². The maximum Gasteiger partial charge on any atom is 0.255 e. The molecule has 3 rings (SSSR count). The Balaban J connectivity index is 1.55. The molecule has 0 bridgehead atoms. The third-order valence-corrected chi connectivity index (χ3v) is 5.13. The molecule has 1 saturated heterocycles.